The van der Waals surface area contributed by atoms with Crippen LogP contribution in [0.4, 0.5) is 11.4 Å². The normalized spacial score (nSPS) is 15.0. The van der Waals surface area contributed by atoms with Crippen LogP contribution in [0.25, 0.3) is 0 Å². The van der Waals surface area contributed by atoms with Gasteiger partial charge in [0.25, 0.3) is 0 Å². The largest absolute Gasteiger partial charge is 0.481 e. The van der Waals surface area contributed by atoms with Crippen molar-refractivity contribution in [1.29, 1.82) is 0 Å². The van der Waals surface area contributed by atoms with Crippen LogP contribution in [0, 0.1) is 5.92 Å². The van der Waals surface area contributed by atoms with Crippen molar-refractivity contribution in [3.05, 3.63) is 24.3 Å². The number of anilines is 2. The Kier molecular flexibility index (Phi) is 5.20. The highest BCUT2D eigenvalue weighted by atomic mass is 16.4. The summed E-state index contributed by atoms with van der Waals surface area (Å²) >= 11 is 0. The number of para-hydroxylation sites is 2. The number of hydrogen-bond donors (Lipinski definition) is 2. The molecule has 0 unspecified atom stereocenters. The summed E-state index contributed by atoms with van der Waals surface area (Å²) in [5, 5.41) is 8.88. The van der Waals surface area contributed by atoms with Crippen LogP contribution in [-0.2, 0) is 9.59 Å². The van der Waals surface area contributed by atoms with Crippen molar-refractivity contribution in [3.8, 4) is 0 Å². The van der Waals surface area contributed by atoms with Gasteiger partial charge in [-0.15, -0.1) is 0 Å². The quantitative estimate of drug-likeness (QED) is 0.789. The first-order valence-electron chi connectivity index (χ1n) is 7.44. The van der Waals surface area contributed by atoms with E-state index in [0.717, 1.165) is 12.8 Å². The number of amides is 1. The predicted octanol–water partition coefficient (Wildman–Crippen LogP) is 2.66. The summed E-state index contributed by atoms with van der Waals surface area (Å²) in [4.78, 5) is 24.9. The average molecular weight is 290 g/mol. The third kappa shape index (κ3) is 4.21. The summed E-state index contributed by atoms with van der Waals surface area (Å²) < 4.78 is 0. The molecular weight excluding hydrogens is 268 g/mol. The summed E-state index contributed by atoms with van der Waals surface area (Å²) in [5.41, 5.74) is 7.05. The molecule has 2 rings (SSSR count). The van der Waals surface area contributed by atoms with Gasteiger partial charge in [-0.1, -0.05) is 25.0 Å². The van der Waals surface area contributed by atoms with E-state index in [1.54, 1.807) is 18.2 Å². The average Bonchev–Trinajstić information content (AvgIpc) is 2.93. The minimum atomic E-state index is -0.914. The number of rotatable bonds is 6. The maximum atomic E-state index is 12.5. The highest BCUT2D eigenvalue weighted by molar-refractivity contribution is 5.96. The lowest BCUT2D eigenvalue weighted by molar-refractivity contribution is -0.136. The molecule has 0 bridgehead atoms. The molecule has 1 aromatic rings. The molecule has 1 aromatic carbocycles. The number of carbonyl (C=O) groups is 2. The molecule has 0 heterocycles. The highest BCUT2D eigenvalue weighted by Crippen LogP contribution is 2.30. The van der Waals surface area contributed by atoms with Crippen LogP contribution in [0.3, 0.4) is 0 Å². The van der Waals surface area contributed by atoms with Gasteiger partial charge < -0.3 is 15.7 Å². The van der Waals surface area contributed by atoms with E-state index in [2.05, 4.69) is 0 Å². The molecule has 21 heavy (non-hydrogen) atoms. The fourth-order valence-corrected chi connectivity index (χ4v) is 2.89. The van der Waals surface area contributed by atoms with Gasteiger partial charge in [-0.2, -0.15) is 0 Å². The number of carbonyl (C=O) groups excluding carboxylic acids is 1. The summed E-state index contributed by atoms with van der Waals surface area (Å²) in [6.07, 6.45) is 4.94. The van der Waals surface area contributed by atoms with E-state index >= 15 is 0 Å². The first kappa shape index (κ1) is 15.4. The van der Waals surface area contributed by atoms with Gasteiger partial charge in [0.1, 0.15) is 0 Å². The van der Waals surface area contributed by atoms with Gasteiger partial charge in [0, 0.05) is 13.0 Å². The molecule has 0 atom stereocenters. The number of hydrogen-bond acceptors (Lipinski definition) is 3. The van der Waals surface area contributed by atoms with Crippen LogP contribution in [0.15, 0.2) is 24.3 Å². The molecule has 1 aliphatic rings. The van der Waals surface area contributed by atoms with Crippen molar-refractivity contribution < 1.29 is 14.7 Å². The van der Waals surface area contributed by atoms with Crippen molar-refractivity contribution in [2.24, 2.45) is 5.92 Å². The van der Waals surface area contributed by atoms with Gasteiger partial charge in [-0.3, -0.25) is 9.59 Å². The van der Waals surface area contributed by atoms with Gasteiger partial charge in [-0.05, 0) is 30.9 Å². The van der Waals surface area contributed by atoms with Gasteiger partial charge >= 0.3 is 5.97 Å². The van der Waals surface area contributed by atoms with E-state index in [4.69, 9.17) is 10.8 Å². The Hall–Kier alpha value is -2.04. The van der Waals surface area contributed by atoms with Crippen molar-refractivity contribution in [2.75, 3.05) is 17.2 Å². The first-order chi connectivity index (χ1) is 10.1. The van der Waals surface area contributed by atoms with E-state index in [1.165, 1.54) is 17.7 Å². The zero-order valence-corrected chi connectivity index (χ0v) is 12.1. The first-order valence-corrected chi connectivity index (χ1v) is 7.44. The maximum Gasteiger partial charge on any atom is 0.305 e. The molecule has 114 valence electrons. The van der Waals surface area contributed by atoms with Crippen LogP contribution in [0.5, 0.6) is 0 Å². The van der Waals surface area contributed by atoms with Gasteiger partial charge in [0.15, 0.2) is 0 Å². The van der Waals surface area contributed by atoms with E-state index in [-0.39, 0.29) is 18.9 Å². The Morgan fingerprint density at radius 1 is 1.24 bits per heavy atom. The molecule has 5 nitrogen and oxygen atoms in total. The summed E-state index contributed by atoms with van der Waals surface area (Å²) in [6.45, 7) is 0.162. The van der Waals surface area contributed by atoms with Gasteiger partial charge in [-0.25, -0.2) is 0 Å². The van der Waals surface area contributed by atoms with Crippen molar-refractivity contribution in [2.45, 2.75) is 38.5 Å². The Bertz CT molecular complexity index is 510. The summed E-state index contributed by atoms with van der Waals surface area (Å²) in [7, 11) is 0. The number of carboxylic acid groups (broad SMARTS) is 1. The number of benzene rings is 1. The number of nitrogens with zero attached hydrogens (tertiary/aromatic N) is 1. The van der Waals surface area contributed by atoms with Gasteiger partial charge in [0.05, 0.1) is 17.8 Å². The monoisotopic (exact) mass is 290 g/mol. The number of carboxylic acids is 1. The SMILES string of the molecule is Nc1ccccc1N(CCC(=O)O)C(=O)CC1CCCC1. The molecule has 0 spiro atoms. The zero-order valence-electron chi connectivity index (χ0n) is 12.1. The lowest BCUT2D eigenvalue weighted by Gasteiger charge is -2.25. The maximum absolute atomic E-state index is 12.5. The van der Waals surface area contributed by atoms with Crippen LogP contribution in [-0.4, -0.2) is 23.5 Å². The smallest absolute Gasteiger partial charge is 0.305 e. The van der Waals surface area contributed by atoms with Crippen molar-refractivity contribution >= 4 is 23.3 Å². The summed E-state index contributed by atoms with van der Waals surface area (Å²) in [5.74, 6) is -0.515. The minimum absolute atomic E-state index is 0.0268. The van der Waals surface area contributed by atoms with Crippen LogP contribution in [0.1, 0.15) is 38.5 Å². The zero-order chi connectivity index (χ0) is 15.2. The third-order valence-electron chi connectivity index (χ3n) is 4.02. The van der Waals surface area contributed by atoms with E-state index in [9.17, 15) is 9.59 Å². The molecule has 0 aliphatic heterocycles. The highest BCUT2D eigenvalue weighted by Gasteiger charge is 2.24. The van der Waals surface area contributed by atoms with Crippen LogP contribution >= 0.6 is 0 Å². The number of nitrogen functional groups attached to an aromatic ring is 1. The second kappa shape index (κ2) is 7.11. The molecular formula is C16H22N2O3. The predicted molar refractivity (Wildman–Crippen MR) is 82.0 cm³/mol. The van der Waals surface area contributed by atoms with Crippen molar-refractivity contribution in [1.82, 2.24) is 0 Å². The third-order valence-corrected chi connectivity index (χ3v) is 4.02. The molecule has 1 aliphatic carbocycles. The Morgan fingerprint density at radius 2 is 1.90 bits per heavy atom. The molecule has 5 heteroatoms. The molecule has 1 amide bonds. The number of aliphatic carboxylic acids is 1. The molecule has 1 saturated carbocycles. The lowest BCUT2D eigenvalue weighted by atomic mass is 10.0. The lowest BCUT2D eigenvalue weighted by Crippen LogP contribution is -2.34. The fraction of sp³-hybridized carbons (Fsp3) is 0.500. The van der Waals surface area contributed by atoms with Crippen LogP contribution in [0.2, 0.25) is 0 Å². The Labute approximate surface area is 124 Å². The minimum Gasteiger partial charge on any atom is -0.481 e. The van der Waals surface area contributed by atoms with E-state index in [1.807, 2.05) is 6.07 Å². The molecule has 1 fully saturated rings. The molecule has 0 aromatic heterocycles. The molecule has 0 radical (unpaired) electrons. The number of nitrogens with two attached hydrogens (primary N) is 1. The van der Waals surface area contributed by atoms with Crippen molar-refractivity contribution in [3.63, 3.8) is 0 Å². The topological polar surface area (TPSA) is 83.6 Å². The van der Waals surface area contributed by atoms with E-state index < -0.39 is 5.97 Å². The Morgan fingerprint density at radius 3 is 2.52 bits per heavy atom. The molecule has 3 N–H and O–H groups in total. The molecule has 0 saturated heterocycles. The summed E-state index contributed by atoms with van der Waals surface area (Å²) in [6, 6.07) is 7.10. The second-order valence-electron chi connectivity index (χ2n) is 5.60. The Balaban J connectivity index is 2.12. The second-order valence-corrected chi connectivity index (χ2v) is 5.60. The van der Waals surface area contributed by atoms with E-state index in [0.29, 0.717) is 23.7 Å². The van der Waals surface area contributed by atoms with Crippen LogP contribution < -0.4 is 10.6 Å². The van der Waals surface area contributed by atoms with Gasteiger partial charge in [0.2, 0.25) is 5.91 Å². The fourth-order valence-electron chi connectivity index (χ4n) is 2.89. The standard InChI is InChI=1S/C16H22N2O3/c17-13-7-3-4-8-14(13)18(10-9-16(20)21)15(19)11-12-5-1-2-6-12/h3-4,7-8,12H,1-2,5-6,9-11,17H2,(H,20,21).